The maximum Gasteiger partial charge on any atom is 0.160 e. The fourth-order valence-electron chi connectivity index (χ4n) is 5.45. The quantitative estimate of drug-likeness (QED) is 0.220. The monoisotopic (exact) mass is 535 g/mol. The molecule has 0 unspecified atom stereocenters. The highest BCUT2D eigenvalue weighted by atomic mass is 14.9. The van der Waals surface area contributed by atoms with Crippen molar-refractivity contribution in [2.75, 3.05) is 0 Å². The van der Waals surface area contributed by atoms with Crippen LogP contribution in [-0.2, 0) is 0 Å². The highest BCUT2D eigenvalue weighted by Crippen LogP contribution is 2.36. The standard InChI is InChI=1S/C39H25N3/c40-26-27-10-9-15-32(24-27)34-23-22-33(35-16-7-8-17-36(34)35)28-18-20-31(21-19-28)39-41-37(29-11-3-1-4-12-29)25-38(42-39)30-13-5-2-6-14-30/h1-25H. The molecule has 0 N–H and O–H groups in total. The second-order valence-corrected chi connectivity index (χ2v) is 10.2. The molecule has 3 heteroatoms. The molecule has 1 aromatic heterocycles. The van der Waals surface area contributed by atoms with Crippen molar-refractivity contribution in [2.45, 2.75) is 0 Å². The summed E-state index contributed by atoms with van der Waals surface area (Å²) in [5.41, 5.74) is 9.95. The lowest BCUT2D eigenvalue weighted by atomic mass is 9.91. The molecule has 0 saturated heterocycles. The minimum absolute atomic E-state index is 0.658. The normalized spacial score (nSPS) is 10.8. The third-order valence-electron chi connectivity index (χ3n) is 7.55. The summed E-state index contributed by atoms with van der Waals surface area (Å²) in [4.78, 5) is 9.95. The number of nitrogens with zero attached hydrogens (tertiary/aromatic N) is 3. The second kappa shape index (κ2) is 11.0. The Morgan fingerprint density at radius 3 is 1.48 bits per heavy atom. The molecular weight excluding hydrogens is 510 g/mol. The van der Waals surface area contributed by atoms with Crippen molar-refractivity contribution in [3.63, 3.8) is 0 Å². The van der Waals surface area contributed by atoms with Crippen LogP contribution in [0.15, 0.2) is 152 Å². The molecule has 0 saturated carbocycles. The fraction of sp³-hybridized carbons (Fsp3) is 0. The van der Waals surface area contributed by atoms with Gasteiger partial charge in [-0.05, 0) is 51.2 Å². The first-order chi connectivity index (χ1) is 20.8. The van der Waals surface area contributed by atoms with Crippen LogP contribution in [0.1, 0.15) is 5.56 Å². The summed E-state index contributed by atoms with van der Waals surface area (Å²) in [6.45, 7) is 0. The van der Waals surface area contributed by atoms with E-state index in [1.165, 1.54) is 5.39 Å². The Kier molecular flexibility index (Phi) is 6.56. The van der Waals surface area contributed by atoms with Crippen molar-refractivity contribution in [3.05, 3.63) is 157 Å². The van der Waals surface area contributed by atoms with E-state index in [0.29, 0.717) is 11.4 Å². The average Bonchev–Trinajstić information content (AvgIpc) is 3.08. The van der Waals surface area contributed by atoms with Crippen LogP contribution < -0.4 is 0 Å². The Hall–Kier alpha value is -5.85. The molecule has 0 aliphatic heterocycles. The summed E-state index contributed by atoms with van der Waals surface area (Å²) < 4.78 is 0. The number of aromatic nitrogens is 2. The Morgan fingerprint density at radius 1 is 0.405 bits per heavy atom. The first-order valence-corrected chi connectivity index (χ1v) is 13.9. The van der Waals surface area contributed by atoms with Gasteiger partial charge in [0.2, 0.25) is 0 Å². The molecule has 6 aromatic carbocycles. The first kappa shape index (κ1) is 25.1. The molecule has 0 aliphatic rings. The van der Waals surface area contributed by atoms with Gasteiger partial charge in [0.1, 0.15) is 0 Å². The summed E-state index contributed by atoms with van der Waals surface area (Å²) >= 11 is 0. The van der Waals surface area contributed by atoms with Gasteiger partial charge < -0.3 is 0 Å². The van der Waals surface area contributed by atoms with Gasteiger partial charge in [0.25, 0.3) is 0 Å². The zero-order valence-corrected chi connectivity index (χ0v) is 22.8. The predicted molar refractivity (Wildman–Crippen MR) is 171 cm³/mol. The molecule has 42 heavy (non-hydrogen) atoms. The van der Waals surface area contributed by atoms with Crippen LogP contribution in [0.4, 0.5) is 0 Å². The Bertz CT molecular complexity index is 2020. The van der Waals surface area contributed by atoms with Crippen molar-refractivity contribution in [2.24, 2.45) is 0 Å². The molecule has 7 aromatic rings. The number of nitriles is 1. The van der Waals surface area contributed by atoms with Crippen LogP contribution in [-0.4, -0.2) is 9.97 Å². The van der Waals surface area contributed by atoms with Crippen LogP contribution in [0.3, 0.4) is 0 Å². The summed E-state index contributed by atoms with van der Waals surface area (Å²) in [6, 6.07) is 53.8. The van der Waals surface area contributed by atoms with Crippen molar-refractivity contribution in [1.82, 2.24) is 9.97 Å². The molecule has 3 nitrogen and oxygen atoms in total. The van der Waals surface area contributed by atoms with Crippen molar-refractivity contribution >= 4 is 10.8 Å². The number of rotatable bonds is 5. The highest BCUT2D eigenvalue weighted by Gasteiger charge is 2.13. The van der Waals surface area contributed by atoms with E-state index in [4.69, 9.17) is 9.97 Å². The fourth-order valence-corrected chi connectivity index (χ4v) is 5.45. The lowest BCUT2D eigenvalue weighted by Crippen LogP contribution is -1.96. The van der Waals surface area contributed by atoms with Gasteiger partial charge in [-0.1, -0.05) is 133 Å². The molecule has 196 valence electrons. The number of hydrogen-bond acceptors (Lipinski definition) is 3. The van der Waals surface area contributed by atoms with Gasteiger partial charge in [-0.25, -0.2) is 9.97 Å². The molecule has 0 aliphatic carbocycles. The summed E-state index contributed by atoms with van der Waals surface area (Å²) in [5.74, 6) is 0.694. The van der Waals surface area contributed by atoms with E-state index in [1.807, 2.05) is 54.6 Å². The van der Waals surface area contributed by atoms with Gasteiger partial charge in [0, 0.05) is 16.7 Å². The molecule has 0 amide bonds. The molecule has 0 fully saturated rings. The van der Waals surface area contributed by atoms with E-state index < -0.39 is 0 Å². The van der Waals surface area contributed by atoms with Crippen LogP contribution in [0.2, 0.25) is 0 Å². The molecule has 1 heterocycles. The van der Waals surface area contributed by atoms with Crippen LogP contribution in [0, 0.1) is 11.3 Å². The zero-order valence-electron chi connectivity index (χ0n) is 22.8. The minimum Gasteiger partial charge on any atom is -0.228 e. The van der Waals surface area contributed by atoms with Crippen LogP contribution >= 0.6 is 0 Å². The Labute approximate surface area is 245 Å². The number of benzene rings is 6. The van der Waals surface area contributed by atoms with Gasteiger partial charge in [-0.3, -0.25) is 0 Å². The topological polar surface area (TPSA) is 49.6 Å². The molecule has 0 spiro atoms. The molecular formula is C39H25N3. The molecule has 0 atom stereocenters. The zero-order chi connectivity index (χ0) is 28.3. The predicted octanol–water partition coefficient (Wildman–Crippen LogP) is 9.84. The lowest BCUT2D eigenvalue weighted by molar-refractivity contribution is 1.18. The molecule has 7 rings (SSSR count). The van der Waals surface area contributed by atoms with Gasteiger partial charge in [0.05, 0.1) is 23.0 Å². The van der Waals surface area contributed by atoms with Gasteiger partial charge in [-0.15, -0.1) is 0 Å². The SMILES string of the molecule is N#Cc1cccc(-c2ccc(-c3ccc(-c4nc(-c5ccccc5)cc(-c5ccccc5)n4)cc3)c3ccccc23)c1. The van der Waals surface area contributed by atoms with E-state index in [0.717, 1.165) is 55.7 Å². The minimum atomic E-state index is 0.658. The third-order valence-corrected chi connectivity index (χ3v) is 7.55. The second-order valence-electron chi connectivity index (χ2n) is 10.2. The van der Waals surface area contributed by atoms with Gasteiger partial charge in [0.15, 0.2) is 5.82 Å². The largest absolute Gasteiger partial charge is 0.228 e. The highest BCUT2D eigenvalue weighted by molar-refractivity contribution is 6.05. The van der Waals surface area contributed by atoms with Crippen LogP contribution in [0.5, 0.6) is 0 Å². The summed E-state index contributed by atoms with van der Waals surface area (Å²) in [6.07, 6.45) is 0. The van der Waals surface area contributed by atoms with E-state index >= 15 is 0 Å². The van der Waals surface area contributed by atoms with Crippen molar-refractivity contribution in [1.29, 1.82) is 5.26 Å². The van der Waals surface area contributed by atoms with Gasteiger partial charge >= 0.3 is 0 Å². The molecule has 0 radical (unpaired) electrons. The van der Waals surface area contributed by atoms with E-state index in [9.17, 15) is 5.26 Å². The number of fused-ring (bicyclic) bond motifs is 1. The Morgan fingerprint density at radius 2 is 0.905 bits per heavy atom. The lowest BCUT2D eigenvalue weighted by Gasteiger charge is -2.13. The first-order valence-electron chi connectivity index (χ1n) is 13.9. The summed E-state index contributed by atoms with van der Waals surface area (Å²) in [7, 11) is 0. The van der Waals surface area contributed by atoms with Crippen LogP contribution in [0.25, 0.3) is 66.9 Å². The van der Waals surface area contributed by atoms with Gasteiger partial charge in [-0.2, -0.15) is 5.26 Å². The third kappa shape index (κ3) is 4.83. The Balaban J connectivity index is 1.30. The van der Waals surface area contributed by atoms with E-state index in [2.05, 4.69) is 103 Å². The van der Waals surface area contributed by atoms with E-state index in [1.54, 1.807) is 0 Å². The van der Waals surface area contributed by atoms with Crippen molar-refractivity contribution < 1.29 is 0 Å². The van der Waals surface area contributed by atoms with E-state index in [-0.39, 0.29) is 0 Å². The maximum absolute atomic E-state index is 9.41. The average molecular weight is 536 g/mol. The number of hydrogen-bond donors (Lipinski definition) is 0. The smallest absolute Gasteiger partial charge is 0.160 e. The summed E-state index contributed by atoms with van der Waals surface area (Å²) in [5, 5.41) is 11.7. The van der Waals surface area contributed by atoms with Crippen molar-refractivity contribution in [3.8, 4) is 62.2 Å². The molecule has 0 bridgehead atoms. The maximum atomic E-state index is 9.41.